The van der Waals surface area contributed by atoms with Gasteiger partial charge in [-0.05, 0) is 62.0 Å². The number of likely N-dealkylation sites (tertiary alicyclic amines) is 1. The Morgan fingerprint density at radius 1 is 1.00 bits per heavy atom. The molecule has 0 amide bonds. The normalized spacial score (nSPS) is 22.1. The van der Waals surface area contributed by atoms with Crippen molar-refractivity contribution < 1.29 is 0 Å². The molecule has 1 atom stereocenters. The summed E-state index contributed by atoms with van der Waals surface area (Å²) in [4.78, 5) is 5.41. The molecule has 22 heavy (non-hydrogen) atoms. The van der Waals surface area contributed by atoms with Gasteiger partial charge in [0.1, 0.15) is 0 Å². The number of hydrogen-bond donors (Lipinski definition) is 0. The summed E-state index contributed by atoms with van der Waals surface area (Å²) in [5, 5.41) is 0. The summed E-state index contributed by atoms with van der Waals surface area (Å²) in [5.74, 6) is 1.40. The molecule has 0 aromatic heterocycles. The van der Waals surface area contributed by atoms with Crippen LogP contribution in [0.15, 0.2) is 58.3 Å². The van der Waals surface area contributed by atoms with E-state index in [2.05, 4.69) is 60.5 Å². The Morgan fingerprint density at radius 2 is 1.64 bits per heavy atom. The average molecular weight is 309 g/mol. The number of fused-ring (bicyclic) bond motifs is 2. The Balaban J connectivity index is 1.68. The lowest BCUT2D eigenvalue weighted by molar-refractivity contribution is 0.197. The minimum absolute atomic E-state index is 0.574. The first-order valence-electron chi connectivity index (χ1n) is 8.35. The molecule has 2 heteroatoms. The third kappa shape index (κ3) is 2.70. The Morgan fingerprint density at radius 3 is 2.27 bits per heavy atom. The van der Waals surface area contributed by atoms with Crippen molar-refractivity contribution in [2.24, 2.45) is 5.92 Å². The van der Waals surface area contributed by atoms with Gasteiger partial charge in [-0.15, -0.1) is 0 Å². The van der Waals surface area contributed by atoms with Crippen LogP contribution in [0.5, 0.6) is 0 Å². The minimum atomic E-state index is 0.574. The molecule has 2 aromatic carbocycles. The van der Waals surface area contributed by atoms with Gasteiger partial charge in [-0.2, -0.15) is 0 Å². The molecule has 0 bridgehead atoms. The van der Waals surface area contributed by atoms with Crippen LogP contribution in [0.4, 0.5) is 0 Å². The van der Waals surface area contributed by atoms with Gasteiger partial charge < -0.3 is 4.90 Å². The first kappa shape index (κ1) is 14.3. The molecule has 2 heterocycles. The van der Waals surface area contributed by atoms with Gasteiger partial charge >= 0.3 is 0 Å². The van der Waals surface area contributed by atoms with E-state index in [1.165, 1.54) is 42.1 Å². The van der Waals surface area contributed by atoms with Crippen LogP contribution in [0, 0.1) is 5.92 Å². The van der Waals surface area contributed by atoms with Crippen LogP contribution in [-0.4, -0.2) is 25.0 Å². The monoisotopic (exact) mass is 309 g/mol. The summed E-state index contributed by atoms with van der Waals surface area (Å²) >= 11 is 1.94. The van der Waals surface area contributed by atoms with E-state index in [4.69, 9.17) is 0 Å². The highest BCUT2D eigenvalue weighted by atomic mass is 32.2. The lowest BCUT2D eigenvalue weighted by Crippen LogP contribution is -2.33. The molecule has 1 saturated heterocycles. The van der Waals surface area contributed by atoms with E-state index in [1.54, 1.807) is 11.1 Å². The predicted octanol–water partition coefficient (Wildman–Crippen LogP) is 5.02. The van der Waals surface area contributed by atoms with Gasteiger partial charge in [0.2, 0.25) is 0 Å². The first-order valence-corrected chi connectivity index (χ1v) is 9.17. The number of rotatable bonds is 2. The number of piperidine rings is 1. The molecule has 4 rings (SSSR count). The van der Waals surface area contributed by atoms with E-state index >= 15 is 0 Å². The lowest BCUT2D eigenvalue weighted by atomic mass is 9.80. The predicted molar refractivity (Wildman–Crippen MR) is 93.7 cm³/mol. The molecule has 0 unspecified atom stereocenters. The highest BCUT2D eigenvalue weighted by molar-refractivity contribution is 7.99. The molecule has 0 aliphatic carbocycles. The van der Waals surface area contributed by atoms with E-state index in [0.29, 0.717) is 5.92 Å². The maximum Gasteiger partial charge on any atom is 0.0160 e. The second kappa shape index (κ2) is 6.10. The van der Waals surface area contributed by atoms with E-state index in [0.717, 1.165) is 5.92 Å². The summed E-state index contributed by atoms with van der Waals surface area (Å²) in [5.41, 5.74) is 3.08. The molecule has 0 saturated carbocycles. The molecule has 0 N–H and O–H groups in total. The SMILES string of the molecule is CN1CCC[C@H](CC2c3ccccc3Sc3ccccc32)C1. The maximum absolute atomic E-state index is 2.50. The zero-order valence-corrected chi connectivity index (χ0v) is 14.0. The fourth-order valence-electron chi connectivity index (χ4n) is 4.06. The van der Waals surface area contributed by atoms with Crippen molar-refractivity contribution in [3.63, 3.8) is 0 Å². The summed E-state index contributed by atoms with van der Waals surface area (Å²) < 4.78 is 0. The van der Waals surface area contributed by atoms with Crippen LogP contribution in [0.1, 0.15) is 36.3 Å². The second-order valence-corrected chi connectivity index (χ2v) is 7.82. The van der Waals surface area contributed by atoms with Gasteiger partial charge in [-0.25, -0.2) is 0 Å². The van der Waals surface area contributed by atoms with E-state index in [1.807, 2.05) is 11.8 Å². The van der Waals surface area contributed by atoms with Gasteiger partial charge in [0.15, 0.2) is 0 Å². The third-order valence-electron chi connectivity index (χ3n) is 5.10. The van der Waals surface area contributed by atoms with Crippen molar-refractivity contribution in [3.8, 4) is 0 Å². The van der Waals surface area contributed by atoms with Crippen LogP contribution in [0.2, 0.25) is 0 Å². The quantitative estimate of drug-likeness (QED) is 0.766. The van der Waals surface area contributed by atoms with Crippen molar-refractivity contribution in [1.29, 1.82) is 0 Å². The van der Waals surface area contributed by atoms with Crippen LogP contribution in [0.3, 0.4) is 0 Å². The van der Waals surface area contributed by atoms with Crippen LogP contribution < -0.4 is 0 Å². The van der Waals surface area contributed by atoms with Gasteiger partial charge in [0.25, 0.3) is 0 Å². The number of nitrogens with zero attached hydrogens (tertiary/aromatic N) is 1. The topological polar surface area (TPSA) is 3.24 Å². The average Bonchev–Trinajstić information content (AvgIpc) is 2.55. The molecule has 2 aliphatic heterocycles. The van der Waals surface area contributed by atoms with Gasteiger partial charge in [-0.3, -0.25) is 0 Å². The summed E-state index contributed by atoms with van der Waals surface area (Å²) in [6.07, 6.45) is 4.03. The summed E-state index contributed by atoms with van der Waals surface area (Å²) in [6.45, 7) is 2.53. The smallest absolute Gasteiger partial charge is 0.0160 e. The van der Waals surface area contributed by atoms with Crippen LogP contribution >= 0.6 is 11.8 Å². The van der Waals surface area contributed by atoms with E-state index in [9.17, 15) is 0 Å². The molecule has 1 fully saturated rings. The molecule has 1 nitrogen and oxygen atoms in total. The molecular formula is C20H23NS. The van der Waals surface area contributed by atoms with Crippen LogP contribution in [-0.2, 0) is 0 Å². The Hall–Kier alpha value is -1.25. The van der Waals surface area contributed by atoms with Crippen molar-refractivity contribution in [2.75, 3.05) is 20.1 Å². The standard InChI is InChI=1S/C20H23NS/c1-21-12-6-7-15(14-21)13-18-16-8-2-4-10-19(16)22-20-11-5-3-9-17(18)20/h2-5,8-11,15,18H,6-7,12-14H2,1H3/t15-/m1/s1. The summed E-state index contributed by atoms with van der Waals surface area (Å²) in [6, 6.07) is 18.0. The van der Waals surface area contributed by atoms with Crippen molar-refractivity contribution >= 4 is 11.8 Å². The zero-order chi connectivity index (χ0) is 14.9. The molecular weight excluding hydrogens is 286 g/mol. The fraction of sp³-hybridized carbons (Fsp3) is 0.400. The fourth-order valence-corrected chi connectivity index (χ4v) is 5.25. The van der Waals surface area contributed by atoms with Gasteiger partial charge in [0.05, 0.1) is 0 Å². The molecule has 2 aromatic rings. The Labute approximate surface area is 137 Å². The van der Waals surface area contributed by atoms with E-state index in [-0.39, 0.29) is 0 Å². The number of hydrogen-bond acceptors (Lipinski definition) is 2. The second-order valence-electron chi connectivity index (χ2n) is 6.74. The highest BCUT2D eigenvalue weighted by Gasteiger charge is 2.29. The van der Waals surface area contributed by atoms with Gasteiger partial charge in [-0.1, -0.05) is 48.2 Å². The third-order valence-corrected chi connectivity index (χ3v) is 6.28. The molecule has 0 spiro atoms. The van der Waals surface area contributed by atoms with Gasteiger partial charge in [0, 0.05) is 22.3 Å². The molecule has 0 radical (unpaired) electrons. The highest BCUT2D eigenvalue weighted by Crippen LogP contribution is 2.48. The minimum Gasteiger partial charge on any atom is -0.306 e. The van der Waals surface area contributed by atoms with Crippen molar-refractivity contribution in [3.05, 3.63) is 59.7 Å². The largest absolute Gasteiger partial charge is 0.306 e. The first-order chi connectivity index (χ1) is 10.8. The Kier molecular flexibility index (Phi) is 3.98. The molecule has 114 valence electrons. The van der Waals surface area contributed by atoms with Crippen LogP contribution in [0.25, 0.3) is 0 Å². The Bertz CT molecular complexity index is 621. The number of benzene rings is 2. The van der Waals surface area contributed by atoms with E-state index < -0.39 is 0 Å². The molecule has 2 aliphatic rings. The summed E-state index contributed by atoms with van der Waals surface area (Å²) in [7, 11) is 2.27. The van der Waals surface area contributed by atoms with Crippen molar-refractivity contribution in [1.82, 2.24) is 4.90 Å². The van der Waals surface area contributed by atoms with Crippen molar-refractivity contribution in [2.45, 2.75) is 35.0 Å². The zero-order valence-electron chi connectivity index (χ0n) is 13.2. The lowest BCUT2D eigenvalue weighted by Gasteiger charge is -2.35. The maximum atomic E-state index is 2.50.